The van der Waals surface area contributed by atoms with Gasteiger partial charge in [-0.05, 0) is 42.9 Å². The number of fused-ring (bicyclic) bond motifs is 1. The van der Waals surface area contributed by atoms with Crippen molar-refractivity contribution in [3.8, 4) is 0 Å². The molecular weight excluding hydrogens is 354 g/mol. The minimum atomic E-state index is -0.482. The Morgan fingerprint density at radius 1 is 0.815 bits per heavy atom. The lowest BCUT2D eigenvalue weighted by Gasteiger charge is -2.26. The first kappa shape index (κ1) is 22.2. The SMILES string of the molecule is CCCCCCN(CCCCCC)C[C@@H](O)c1ccc(Cl)c2ccccc12. The average molecular weight is 390 g/mol. The molecule has 27 heavy (non-hydrogen) atoms. The summed E-state index contributed by atoms with van der Waals surface area (Å²) in [6.45, 7) is 7.35. The first-order valence-electron chi connectivity index (χ1n) is 10.7. The van der Waals surface area contributed by atoms with E-state index in [2.05, 4.69) is 24.8 Å². The average Bonchev–Trinajstić information content (AvgIpc) is 2.68. The van der Waals surface area contributed by atoms with E-state index in [1.165, 1.54) is 51.4 Å². The van der Waals surface area contributed by atoms with Gasteiger partial charge in [-0.1, -0.05) is 94.3 Å². The minimum absolute atomic E-state index is 0.482. The predicted molar refractivity (Wildman–Crippen MR) is 119 cm³/mol. The van der Waals surface area contributed by atoms with Crippen LogP contribution < -0.4 is 0 Å². The molecule has 0 saturated carbocycles. The predicted octanol–water partition coefficient (Wildman–Crippen LogP) is 6.99. The highest BCUT2D eigenvalue weighted by Gasteiger charge is 2.16. The van der Waals surface area contributed by atoms with Gasteiger partial charge >= 0.3 is 0 Å². The molecule has 0 saturated heterocycles. The maximum atomic E-state index is 11.0. The van der Waals surface area contributed by atoms with E-state index < -0.39 is 6.10 Å². The van der Waals surface area contributed by atoms with Crippen LogP contribution in [0.2, 0.25) is 5.02 Å². The summed E-state index contributed by atoms with van der Waals surface area (Å²) in [5, 5.41) is 13.8. The van der Waals surface area contributed by atoms with Crippen molar-refractivity contribution in [1.29, 1.82) is 0 Å². The van der Waals surface area contributed by atoms with E-state index in [0.717, 1.165) is 34.4 Å². The number of nitrogens with zero attached hydrogens (tertiary/aromatic N) is 1. The van der Waals surface area contributed by atoms with Gasteiger partial charge in [0, 0.05) is 17.0 Å². The van der Waals surface area contributed by atoms with Gasteiger partial charge < -0.3 is 10.0 Å². The van der Waals surface area contributed by atoms with Crippen molar-refractivity contribution in [3.05, 3.63) is 47.0 Å². The first-order chi connectivity index (χ1) is 13.2. The summed E-state index contributed by atoms with van der Waals surface area (Å²) in [6, 6.07) is 12.0. The molecule has 0 heterocycles. The van der Waals surface area contributed by atoms with Crippen molar-refractivity contribution in [2.45, 2.75) is 71.3 Å². The third-order valence-corrected chi connectivity index (χ3v) is 5.68. The van der Waals surface area contributed by atoms with Crippen molar-refractivity contribution in [3.63, 3.8) is 0 Å². The number of aliphatic hydroxyl groups excluding tert-OH is 1. The maximum Gasteiger partial charge on any atom is 0.0922 e. The van der Waals surface area contributed by atoms with Crippen LogP contribution in [-0.2, 0) is 0 Å². The number of benzene rings is 2. The third kappa shape index (κ3) is 7.10. The van der Waals surface area contributed by atoms with Gasteiger partial charge in [-0.3, -0.25) is 0 Å². The lowest BCUT2D eigenvalue weighted by molar-refractivity contribution is 0.111. The lowest BCUT2D eigenvalue weighted by Crippen LogP contribution is -2.31. The van der Waals surface area contributed by atoms with Crippen molar-refractivity contribution in [1.82, 2.24) is 4.90 Å². The van der Waals surface area contributed by atoms with Crippen LogP contribution in [-0.4, -0.2) is 29.6 Å². The number of hydrogen-bond donors (Lipinski definition) is 1. The Labute approximate surface area is 170 Å². The summed E-state index contributed by atoms with van der Waals surface area (Å²) in [7, 11) is 0. The van der Waals surface area contributed by atoms with E-state index in [4.69, 9.17) is 11.6 Å². The Hall–Kier alpha value is -1.09. The van der Waals surface area contributed by atoms with Crippen LogP contribution in [0, 0.1) is 0 Å². The van der Waals surface area contributed by atoms with Gasteiger partial charge in [-0.2, -0.15) is 0 Å². The van der Waals surface area contributed by atoms with Crippen LogP contribution in [0.3, 0.4) is 0 Å². The van der Waals surface area contributed by atoms with Gasteiger partial charge in [0.25, 0.3) is 0 Å². The summed E-state index contributed by atoms with van der Waals surface area (Å²) in [5.41, 5.74) is 0.988. The smallest absolute Gasteiger partial charge is 0.0922 e. The van der Waals surface area contributed by atoms with Crippen LogP contribution in [0.5, 0.6) is 0 Å². The van der Waals surface area contributed by atoms with Crippen molar-refractivity contribution in [2.75, 3.05) is 19.6 Å². The zero-order valence-electron chi connectivity index (χ0n) is 17.1. The molecular formula is C24H36ClNO. The molecule has 2 nitrogen and oxygen atoms in total. The van der Waals surface area contributed by atoms with Crippen molar-refractivity contribution >= 4 is 22.4 Å². The Balaban J connectivity index is 2.04. The van der Waals surface area contributed by atoms with Gasteiger partial charge in [0.2, 0.25) is 0 Å². The molecule has 2 aromatic carbocycles. The van der Waals surface area contributed by atoms with Crippen molar-refractivity contribution in [2.24, 2.45) is 0 Å². The van der Waals surface area contributed by atoms with E-state index in [0.29, 0.717) is 6.54 Å². The Morgan fingerprint density at radius 3 is 2.00 bits per heavy atom. The molecule has 1 N–H and O–H groups in total. The fourth-order valence-corrected chi connectivity index (χ4v) is 3.97. The lowest BCUT2D eigenvalue weighted by atomic mass is 9.99. The summed E-state index contributed by atoms with van der Waals surface area (Å²) < 4.78 is 0. The van der Waals surface area contributed by atoms with E-state index in [1.54, 1.807) is 0 Å². The molecule has 3 heteroatoms. The number of rotatable bonds is 13. The molecule has 0 aliphatic rings. The molecule has 150 valence electrons. The molecule has 0 spiro atoms. The van der Waals surface area contributed by atoms with E-state index >= 15 is 0 Å². The van der Waals surface area contributed by atoms with Crippen LogP contribution >= 0.6 is 11.6 Å². The second kappa shape index (κ2) is 12.4. The van der Waals surface area contributed by atoms with E-state index in [9.17, 15) is 5.11 Å². The molecule has 0 bridgehead atoms. The normalized spacial score (nSPS) is 12.8. The molecule has 0 aliphatic carbocycles. The molecule has 0 radical (unpaired) electrons. The van der Waals surface area contributed by atoms with E-state index in [-0.39, 0.29) is 0 Å². The number of halogens is 1. The van der Waals surface area contributed by atoms with Crippen molar-refractivity contribution < 1.29 is 5.11 Å². The number of hydrogen-bond acceptors (Lipinski definition) is 2. The Morgan fingerprint density at radius 2 is 1.41 bits per heavy atom. The number of unbranched alkanes of at least 4 members (excludes halogenated alkanes) is 6. The number of aliphatic hydroxyl groups is 1. The molecule has 0 amide bonds. The fraction of sp³-hybridized carbons (Fsp3) is 0.583. The Bertz CT molecular complexity index is 660. The van der Waals surface area contributed by atoms with Gasteiger partial charge in [0.05, 0.1) is 6.10 Å². The fourth-order valence-electron chi connectivity index (χ4n) is 3.74. The second-order valence-corrected chi connectivity index (χ2v) is 8.03. The molecule has 0 fully saturated rings. The highest BCUT2D eigenvalue weighted by molar-refractivity contribution is 6.35. The van der Waals surface area contributed by atoms with Crippen LogP contribution in [0.25, 0.3) is 10.8 Å². The van der Waals surface area contributed by atoms with Gasteiger partial charge in [-0.25, -0.2) is 0 Å². The Kier molecular flexibility index (Phi) is 10.2. The van der Waals surface area contributed by atoms with E-state index in [1.807, 2.05) is 30.3 Å². The second-order valence-electron chi connectivity index (χ2n) is 7.62. The summed E-state index contributed by atoms with van der Waals surface area (Å²) in [6.07, 6.45) is 9.63. The van der Waals surface area contributed by atoms with Gasteiger partial charge in [0.15, 0.2) is 0 Å². The zero-order chi connectivity index (χ0) is 19.5. The molecule has 0 unspecified atom stereocenters. The minimum Gasteiger partial charge on any atom is -0.387 e. The van der Waals surface area contributed by atoms with Crippen LogP contribution in [0.4, 0.5) is 0 Å². The quantitative estimate of drug-likeness (QED) is 0.373. The molecule has 0 aliphatic heterocycles. The molecule has 2 rings (SSSR count). The van der Waals surface area contributed by atoms with Crippen LogP contribution in [0.1, 0.15) is 76.9 Å². The highest BCUT2D eigenvalue weighted by Crippen LogP contribution is 2.30. The van der Waals surface area contributed by atoms with Gasteiger partial charge in [0.1, 0.15) is 0 Å². The molecule has 2 aromatic rings. The standard InChI is InChI=1S/C24H36ClNO/c1-3-5-7-11-17-26(18-12-8-6-4-2)19-24(27)22-15-16-23(25)21-14-10-9-13-20(21)22/h9-10,13-16,24,27H,3-8,11-12,17-19H2,1-2H3/t24-/m1/s1. The first-order valence-corrected chi connectivity index (χ1v) is 11.1. The zero-order valence-corrected chi connectivity index (χ0v) is 17.8. The van der Waals surface area contributed by atoms with Gasteiger partial charge in [-0.15, -0.1) is 0 Å². The third-order valence-electron chi connectivity index (χ3n) is 5.35. The van der Waals surface area contributed by atoms with Crippen LogP contribution in [0.15, 0.2) is 36.4 Å². The molecule has 0 aromatic heterocycles. The largest absolute Gasteiger partial charge is 0.387 e. The summed E-state index contributed by atoms with van der Waals surface area (Å²) >= 11 is 6.34. The monoisotopic (exact) mass is 389 g/mol. The highest BCUT2D eigenvalue weighted by atomic mass is 35.5. The molecule has 1 atom stereocenters. The maximum absolute atomic E-state index is 11.0. The summed E-state index contributed by atoms with van der Waals surface area (Å²) in [4.78, 5) is 2.46. The topological polar surface area (TPSA) is 23.5 Å². The summed E-state index contributed by atoms with van der Waals surface area (Å²) in [5.74, 6) is 0.